The summed E-state index contributed by atoms with van der Waals surface area (Å²) in [6, 6.07) is 13.1. The molecular weight excluding hydrogens is 282 g/mol. The number of aryl methyl sites for hydroxylation is 1. The van der Waals surface area contributed by atoms with E-state index in [2.05, 4.69) is 6.07 Å². The first kappa shape index (κ1) is 13.9. The molecule has 0 spiro atoms. The predicted octanol–water partition coefficient (Wildman–Crippen LogP) is 4.85. The highest BCUT2D eigenvalue weighted by atomic mass is 35.5. The Morgan fingerprint density at radius 2 is 2.00 bits per heavy atom. The Labute approximate surface area is 120 Å². The molecule has 0 saturated heterocycles. The van der Waals surface area contributed by atoms with Gasteiger partial charge in [0.05, 0.1) is 9.82 Å². The van der Waals surface area contributed by atoms with E-state index < -0.39 is 4.92 Å². The molecule has 0 atom stereocenters. The fourth-order valence-corrected chi connectivity index (χ4v) is 3.05. The minimum atomic E-state index is -0.430. The van der Waals surface area contributed by atoms with E-state index in [1.807, 2.05) is 25.1 Å². The number of thioether (sulfide) groups is 1. The number of nitro groups is 1. The van der Waals surface area contributed by atoms with Gasteiger partial charge in [-0.25, -0.2) is 0 Å². The van der Waals surface area contributed by atoms with Crippen molar-refractivity contribution in [1.29, 1.82) is 0 Å². The van der Waals surface area contributed by atoms with E-state index in [4.69, 9.17) is 11.6 Å². The zero-order valence-corrected chi connectivity index (χ0v) is 11.9. The van der Waals surface area contributed by atoms with Crippen LogP contribution in [-0.2, 0) is 5.75 Å². The average molecular weight is 294 g/mol. The average Bonchev–Trinajstić information content (AvgIpc) is 2.36. The van der Waals surface area contributed by atoms with Crippen molar-refractivity contribution in [2.75, 3.05) is 0 Å². The predicted molar refractivity (Wildman–Crippen MR) is 78.8 cm³/mol. The fraction of sp³-hybridized carbons (Fsp3) is 0.143. The summed E-state index contributed by atoms with van der Waals surface area (Å²) < 4.78 is 0. The number of benzene rings is 2. The highest BCUT2D eigenvalue weighted by Crippen LogP contribution is 2.36. The second kappa shape index (κ2) is 6.08. The first-order valence-electron chi connectivity index (χ1n) is 5.69. The lowest BCUT2D eigenvalue weighted by Crippen LogP contribution is -1.92. The highest BCUT2D eigenvalue weighted by Gasteiger charge is 2.18. The van der Waals surface area contributed by atoms with Crippen LogP contribution >= 0.6 is 23.4 Å². The molecule has 0 bridgehead atoms. The van der Waals surface area contributed by atoms with Gasteiger partial charge in [0.2, 0.25) is 0 Å². The Morgan fingerprint density at radius 3 is 2.68 bits per heavy atom. The van der Waals surface area contributed by atoms with E-state index in [0.717, 1.165) is 5.56 Å². The molecule has 0 aliphatic heterocycles. The van der Waals surface area contributed by atoms with Crippen LogP contribution in [0.3, 0.4) is 0 Å². The van der Waals surface area contributed by atoms with Crippen LogP contribution in [0.4, 0.5) is 5.69 Å². The summed E-state index contributed by atoms with van der Waals surface area (Å²) >= 11 is 7.30. The molecule has 0 N–H and O–H groups in total. The first-order chi connectivity index (χ1) is 9.08. The van der Waals surface area contributed by atoms with E-state index in [9.17, 15) is 10.1 Å². The first-order valence-corrected chi connectivity index (χ1v) is 7.05. The maximum atomic E-state index is 11.0. The van der Waals surface area contributed by atoms with Gasteiger partial charge in [-0.05, 0) is 24.6 Å². The van der Waals surface area contributed by atoms with Gasteiger partial charge < -0.3 is 0 Å². The third kappa shape index (κ3) is 3.49. The van der Waals surface area contributed by atoms with Crippen LogP contribution in [-0.4, -0.2) is 4.92 Å². The third-order valence-corrected chi connectivity index (χ3v) is 4.03. The lowest BCUT2D eigenvalue weighted by molar-refractivity contribution is -0.387. The second-order valence-corrected chi connectivity index (χ2v) is 5.55. The van der Waals surface area contributed by atoms with Crippen molar-refractivity contribution < 1.29 is 4.92 Å². The fourth-order valence-electron chi connectivity index (χ4n) is 1.75. The van der Waals surface area contributed by atoms with Crippen molar-refractivity contribution in [2.45, 2.75) is 17.6 Å². The van der Waals surface area contributed by atoms with E-state index in [1.165, 1.54) is 23.4 Å². The van der Waals surface area contributed by atoms with Gasteiger partial charge in [-0.15, -0.1) is 11.8 Å². The molecule has 98 valence electrons. The van der Waals surface area contributed by atoms with Crippen LogP contribution in [0.5, 0.6) is 0 Å². The molecule has 0 aliphatic rings. The molecule has 2 aromatic rings. The minimum absolute atomic E-state index is 0.0122. The molecule has 0 amide bonds. The van der Waals surface area contributed by atoms with E-state index >= 15 is 0 Å². The molecule has 2 aromatic carbocycles. The maximum Gasteiger partial charge on any atom is 0.301 e. The van der Waals surface area contributed by atoms with Crippen LogP contribution < -0.4 is 0 Å². The van der Waals surface area contributed by atoms with Crippen molar-refractivity contribution in [2.24, 2.45) is 0 Å². The Bertz CT molecular complexity index is 616. The van der Waals surface area contributed by atoms with Crippen LogP contribution in [0.15, 0.2) is 47.4 Å². The van der Waals surface area contributed by atoms with Gasteiger partial charge in [-0.3, -0.25) is 10.1 Å². The molecule has 0 aliphatic carbocycles. The van der Waals surface area contributed by atoms with Gasteiger partial charge in [0.15, 0.2) is 0 Å². The number of para-hydroxylation sites is 1. The summed E-state index contributed by atoms with van der Waals surface area (Å²) in [4.78, 5) is 11.2. The topological polar surface area (TPSA) is 43.1 Å². The van der Waals surface area contributed by atoms with Gasteiger partial charge in [-0.1, -0.05) is 47.5 Å². The van der Waals surface area contributed by atoms with Gasteiger partial charge in [0, 0.05) is 5.75 Å². The molecule has 2 rings (SSSR count). The van der Waals surface area contributed by atoms with Crippen LogP contribution in [0.2, 0.25) is 5.02 Å². The molecule has 0 unspecified atom stereocenters. The van der Waals surface area contributed by atoms with Crippen molar-refractivity contribution in [1.82, 2.24) is 0 Å². The molecule has 0 heterocycles. The molecule has 0 fully saturated rings. The number of rotatable bonds is 4. The van der Waals surface area contributed by atoms with Gasteiger partial charge in [0.25, 0.3) is 0 Å². The summed E-state index contributed by atoms with van der Waals surface area (Å²) in [5.74, 6) is 0.683. The van der Waals surface area contributed by atoms with E-state index in [-0.39, 0.29) is 10.7 Å². The monoisotopic (exact) mass is 293 g/mol. The van der Waals surface area contributed by atoms with Gasteiger partial charge in [-0.2, -0.15) is 0 Å². The van der Waals surface area contributed by atoms with Crippen LogP contribution in [0.25, 0.3) is 0 Å². The molecule has 3 nitrogen and oxygen atoms in total. The maximum absolute atomic E-state index is 11.0. The van der Waals surface area contributed by atoms with Crippen molar-refractivity contribution in [3.63, 3.8) is 0 Å². The lowest BCUT2D eigenvalue weighted by atomic mass is 10.2. The Hall–Kier alpha value is -1.52. The normalized spacial score (nSPS) is 10.4. The smallest absolute Gasteiger partial charge is 0.258 e. The second-order valence-electron chi connectivity index (χ2n) is 4.12. The molecule has 0 saturated carbocycles. The largest absolute Gasteiger partial charge is 0.301 e. The number of hydrogen-bond donors (Lipinski definition) is 0. The van der Waals surface area contributed by atoms with Crippen molar-refractivity contribution in [3.05, 3.63) is 68.7 Å². The summed E-state index contributed by atoms with van der Waals surface area (Å²) in [5, 5.41) is 11.2. The summed E-state index contributed by atoms with van der Waals surface area (Å²) in [6.45, 7) is 2.02. The number of nitrogens with zero attached hydrogens (tertiary/aromatic N) is 1. The van der Waals surface area contributed by atoms with E-state index in [0.29, 0.717) is 10.6 Å². The minimum Gasteiger partial charge on any atom is -0.258 e. The third-order valence-electron chi connectivity index (χ3n) is 2.61. The SMILES string of the molecule is Cc1cccc(CSc2cccc(Cl)c2[N+](=O)[O-])c1. The Kier molecular flexibility index (Phi) is 4.45. The van der Waals surface area contributed by atoms with Gasteiger partial charge in [0.1, 0.15) is 5.02 Å². The Balaban J connectivity index is 2.20. The summed E-state index contributed by atoms with van der Waals surface area (Å²) in [7, 11) is 0. The summed E-state index contributed by atoms with van der Waals surface area (Å²) in [5.41, 5.74) is 2.31. The van der Waals surface area contributed by atoms with E-state index in [1.54, 1.807) is 12.1 Å². The standard InChI is InChI=1S/C14H12ClNO2S/c1-10-4-2-5-11(8-10)9-19-13-7-3-6-12(15)14(13)16(17)18/h2-8H,9H2,1H3. The molecule has 19 heavy (non-hydrogen) atoms. The lowest BCUT2D eigenvalue weighted by Gasteiger charge is -2.05. The Morgan fingerprint density at radius 1 is 1.26 bits per heavy atom. The van der Waals surface area contributed by atoms with Crippen LogP contribution in [0.1, 0.15) is 11.1 Å². The van der Waals surface area contributed by atoms with Crippen LogP contribution in [0, 0.1) is 17.0 Å². The molecule has 0 radical (unpaired) electrons. The zero-order chi connectivity index (χ0) is 13.8. The number of nitro benzene ring substituents is 1. The molecule has 0 aromatic heterocycles. The highest BCUT2D eigenvalue weighted by molar-refractivity contribution is 7.98. The number of hydrogen-bond acceptors (Lipinski definition) is 3. The number of halogens is 1. The molecule has 5 heteroatoms. The quantitative estimate of drug-likeness (QED) is 0.460. The van der Waals surface area contributed by atoms with Crippen molar-refractivity contribution >= 4 is 29.1 Å². The molecular formula is C14H12ClNO2S. The van der Waals surface area contributed by atoms with Crippen molar-refractivity contribution in [3.8, 4) is 0 Å². The summed E-state index contributed by atoms with van der Waals surface area (Å²) in [6.07, 6.45) is 0. The van der Waals surface area contributed by atoms with Gasteiger partial charge >= 0.3 is 5.69 Å². The zero-order valence-electron chi connectivity index (χ0n) is 10.3.